The van der Waals surface area contributed by atoms with E-state index >= 15 is 0 Å². The number of carbonyl (C=O) groups excluding carboxylic acids is 1. The normalized spacial score (nSPS) is 23.1. The van der Waals surface area contributed by atoms with E-state index in [1.54, 1.807) is 0 Å². The Morgan fingerprint density at radius 3 is 2.47 bits per heavy atom. The minimum absolute atomic E-state index is 0.202. The van der Waals surface area contributed by atoms with Gasteiger partial charge in [-0.05, 0) is 60.7 Å². The fraction of sp³-hybridized carbons (Fsp3) is 0.929. The summed E-state index contributed by atoms with van der Waals surface area (Å²) < 4.78 is 10.9. The van der Waals surface area contributed by atoms with E-state index in [1.807, 2.05) is 20.8 Å². The van der Waals surface area contributed by atoms with Crippen molar-refractivity contribution in [3.05, 3.63) is 0 Å². The molecule has 0 aromatic rings. The van der Waals surface area contributed by atoms with Crippen LogP contribution < -0.4 is 5.32 Å². The summed E-state index contributed by atoms with van der Waals surface area (Å²) >= 11 is 0. The number of ether oxygens (including phenoxy) is 2. The highest BCUT2D eigenvalue weighted by atomic mass is 16.6. The number of hydrogen-bond donors (Lipinski definition) is 1. The zero-order chi connectivity index (χ0) is 14.5. The lowest BCUT2D eigenvalue weighted by Gasteiger charge is -2.36. The van der Waals surface area contributed by atoms with Gasteiger partial charge in [0.1, 0.15) is 5.60 Å². The third-order valence-corrected chi connectivity index (χ3v) is 2.92. The number of carbonyl (C=O) groups is 1. The van der Waals surface area contributed by atoms with Gasteiger partial charge in [-0.3, -0.25) is 0 Å². The third kappa shape index (κ3) is 7.38. The van der Waals surface area contributed by atoms with Gasteiger partial charge in [-0.2, -0.15) is 0 Å². The van der Waals surface area contributed by atoms with Gasteiger partial charge >= 0.3 is 6.09 Å². The van der Waals surface area contributed by atoms with E-state index < -0.39 is 5.60 Å². The lowest BCUT2D eigenvalue weighted by molar-refractivity contribution is -0.0218. The van der Waals surface area contributed by atoms with Crippen LogP contribution in [0.4, 0.5) is 4.79 Å². The molecule has 0 radical (unpaired) electrons. The molecule has 0 atom stereocenters. The Labute approximate surface area is 116 Å². The molecule has 0 saturated heterocycles. The maximum atomic E-state index is 11.5. The van der Waals surface area contributed by atoms with Crippen molar-refractivity contribution in [2.24, 2.45) is 0 Å². The summed E-state index contributed by atoms with van der Waals surface area (Å²) in [7, 11) is 4.12. The van der Waals surface area contributed by atoms with Crippen LogP contribution in [0.1, 0.15) is 40.0 Å². The molecule has 1 amide bonds. The highest BCUT2D eigenvalue weighted by molar-refractivity contribution is 5.68. The summed E-state index contributed by atoms with van der Waals surface area (Å²) in [5.74, 6) is 0. The molecule has 1 aliphatic rings. The molecule has 112 valence electrons. The van der Waals surface area contributed by atoms with Gasteiger partial charge in [-0.15, -0.1) is 0 Å². The first-order valence-corrected chi connectivity index (χ1v) is 7.02. The molecule has 19 heavy (non-hydrogen) atoms. The second-order valence-corrected chi connectivity index (χ2v) is 6.46. The van der Waals surface area contributed by atoms with Gasteiger partial charge in [0.05, 0.1) is 6.10 Å². The Kier molecular flexibility index (Phi) is 6.07. The van der Waals surface area contributed by atoms with Crippen LogP contribution in [0.25, 0.3) is 0 Å². The molecule has 0 heterocycles. The van der Waals surface area contributed by atoms with Gasteiger partial charge in [-0.1, -0.05) is 0 Å². The molecular formula is C14H28N2O3. The average Bonchev–Trinajstić information content (AvgIpc) is 2.16. The van der Waals surface area contributed by atoms with Crippen LogP contribution in [0.15, 0.2) is 0 Å². The van der Waals surface area contributed by atoms with Crippen LogP contribution >= 0.6 is 0 Å². The topological polar surface area (TPSA) is 50.8 Å². The number of amides is 1. The SMILES string of the molecule is CN(C)CCCO[C@H]1C[C@H](NC(=O)OC(C)(C)C)C1. The van der Waals surface area contributed by atoms with E-state index in [2.05, 4.69) is 24.3 Å². The van der Waals surface area contributed by atoms with Crippen LogP contribution in [0.2, 0.25) is 0 Å². The summed E-state index contributed by atoms with van der Waals surface area (Å²) in [4.78, 5) is 13.7. The Bertz CT molecular complexity index is 281. The largest absolute Gasteiger partial charge is 0.444 e. The van der Waals surface area contributed by atoms with Crippen molar-refractivity contribution in [3.63, 3.8) is 0 Å². The fourth-order valence-electron chi connectivity index (χ4n) is 1.92. The van der Waals surface area contributed by atoms with E-state index in [9.17, 15) is 4.79 Å². The Hall–Kier alpha value is -0.810. The van der Waals surface area contributed by atoms with E-state index in [1.165, 1.54) is 0 Å². The standard InChI is InChI=1S/C14H28N2O3/c1-14(2,3)19-13(17)15-11-9-12(10-11)18-8-6-7-16(4)5/h11-12H,6-10H2,1-5H3,(H,15,17)/t11-,12-. The van der Waals surface area contributed by atoms with Crippen LogP contribution in [0, 0.1) is 0 Å². The molecule has 0 unspecified atom stereocenters. The highest BCUT2D eigenvalue weighted by Crippen LogP contribution is 2.23. The summed E-state index contributed by atoms with van der Waals surface area (Å²) in [6, 6.07) is 0.202. The van der Waals surface area contributed by atoms with Gasteiger partial charge in [0.15, 0.2) is 0 Å². The molecule has 1 N–H and O–H groups in total. The first-order valence-electron chi connectivity index (χ1n) is 7.02. The van der Waals surface area contributed by atoms with Crippen molar-refractivity contribution in [2.75, 3.05) is 27.2 Å². The lowest BCUT2D eigenvalue weighted by atomic mass is 9.89. The molecule has 1 saturated carbocycles. The monoisotopic (exact) mass is 272 g/mol. The first-order chi connectivity index (χ1) is 8.76. The van der Waals surface area contributed by atoms with Crippen molar-refractivity contribution in [2.45, 2.75) is 57.8 Å². The predicted molar refractivity (Wildman–Crippen MR) is 75.3 cm³/mol. The number of nitrogens with zero attached hydrogens (tertiary/aromatic N) is 1. The molecular weight excluding hydrogens is 244 g/mol. The Morgan fingerprint density at radius 2 is 1.95 bits per heavy atom. The highest BCUT2D eigenvalue weighted by Gasteiger charge is 2.32. The van der Waals surface area contributed by atoms with Gasteiger partial charge in [-0.25, -0.2) is 4.79 Å². The minimum Gasteiger partial charge on any atom is -0.444 e. The number of hydrogen-bond acceptors (Lipinski definition) is 4. The van der Waals surface area contributed by atoms with Crippen molar-refractivity contribution in [1.29, 1.82) is 0 Å². The van der Waals surface area contributed by atoms with Gasteiger partial charge in [0, 0.05) is 12.6 Å². The van der Waals surface area contributed by atoms with Gasteiger partial charge in [0.2, 0.25) is 0 Å². The minimum atomic E-state index is -0.435. The molecule has 1 rings (SSSR count). The molecule has 0 spiro atoms. The second kappa shape index (κ2) is 7.10. The second-order valence-electron chi connectivity index (χ2n) is 6.46. The zero-order valence-electron chi connectivity index (χ0n) is 12.9. The lowest BCUT2D eigenvalue weighted by Crippen LogP contribution is -2.49. The van der Waals surface area contributed by atoms with E-state index in [0.717, 1.165) is 32.4 Å². The quantitative estimate of drug-likeness (QED) is 0.752. The van der Waals surface area contributed by atoms with Crippen LogP contribution in [0.3, 0.4) is 0 Å². The smallest absolute Gasteiger partial charge is 0.407 e. The predicted octanol–water partition coefficient (Wildman–Crippen LogP) is 2.01. The van der Waals surface area contributed by atoms with Gasteiger partial charge < -0.3 is 19.7 Å². The van der Waals surface area contributed by atoms with Crippen LogP contribution in [-0.2, 0) is 9.47 Å². The molecule has 0 aliphatic heterocycles. The molecule has 1 fully saturated rings. The van der Waals surface area contributed by atoms with E-state index in [0.29, 0.717) is 6.10 Å². The maximum Gasteiger partial charge on any atom is 0.407 e. The molecule has 0 aromatic carbocycles. The van der Waals surface area contributed by atoms with Crippen LogP contribution in [-0.4, -0.2) is 56.0 Å². The fourth-order valence-corrected chi connectivity index (χ4v) is 1.92. The van der Waals surface area contributed by atoms with Gasteiger partial charge in [0.25, 0.3) is 0 Å². The first kappa shape index (κ1) is 16.2. The van der Waals surface area contributed by atoms with Crippen molar-refractivity contribution >= 4 is 6.09 Å². The van der Waals surface area contributed by atoms with Crippen LogP contribution in [0.5, 0.6) is 0 Å². The van der Waals surface area contributed by atoms with E-state index in [-0.39, 0.29) is 12.1 Å². The summed E-state index contributed by atoms with van der Waals surface area (Å²) in [6.45, 7) is 7.44. The molecule has 5 heteroatoms. The number of rotatable bonds is 6. The molecule has 1 aliphatic carbocycles. The zero-order valence-corrected chi connectivity index (χ0v) is 12.9. The Morgan fingerprint density at radius 1 is 1.32 bits per heavy atom. The third-order valence-electron chi connectivity index (χ3n) is 2.92. The van der Waals surface area contributed by atoms with Crippen molar-refractivity contribution < 1.29 is 14.3 Å². The van der Waals surface area contributed by atoms with Crippen molar-refractivity contribution in [3.8, 4) is 0 Å². The summed E-state index contributed by atoms with van der Waals surface area (Å²) in [5.41, 5.74) is -0.435. The Balaban J connectivity index is 2.02. The maximum absolute atomic E-state index is 11.5. The number of alkyl carbamates (subject to hydrolysis) is 1. The van der Waals surface area contributed by atoms with Crippen molar-refractivity contribution in [1.82, 2.24) is 10.2 Å². The molecule has 0 bridgehead atoms. The number of nitrogens with one attached hydrogen (secondary N) is 1. The summed E-state index contributed by atoms with van der Waals surface area (Å²) in [6.07, 6.45) is 2.79. The molecule has 0 aromatic heterocycles. The summed E-state index contributed by atoms with van der Waals surface area (Å²) in [5, 5.41) is 2.86. The molecule has 5 nitrogen and oxygen atoms in total. The average molecular weight is 272 g/mol. The van der Waals surface area contributed by atoms with E-state index in [4.69, 9.17) is 9.47 Å².